The van der Waals surface area contributed by atoms with Crippen LogP contribution in [0.5, 0.6) is 0 Å². The molecule has 1 aliphatic heterocycles. The summed E-state index contributed by atoms with van der Waals surface area (Å²) in [7, 11) is -3.41. The Labute approximate surface area is 128 Å². The van der Waals surface area contributed by atoms with Crippen LogP contribution in [0.4, 0.5) is 0 Å². The summed E-state index contributed by atoms with van der Waals surface area (Å²) in [6, 6.07) is 6.71. The molecule has 0 amide bonds. The standard InChI is InChI=1S/C12H17BrN2O2S.ClH/c1-9-8-14-7-6-12(9)15-18(16,17)11-4-2-10(13)3-5-11;/h2-5,9,12,14-15H,6-8H2,1H3;1H. The van der Waals surface area contributed by atoms with Crippen molar-refractivity contribution >= 4 is 38.4 Å². The largest absolute Gasteiger partial charge is 0.316 e. The fraction of sp³-hybridized carbons (Fsp3) is 0.500. The summed E-state index contributed by atoms with van der Waals surface area (Å²) in [6.45, 7) is 3.77. The number of piperidine rings is 1. The van der Waals surface area contributed by atoms with E-state index < -0.39 is 10.0 Å². The first-order valence-corrected chi connectivity index (χ1v) is 8.25. The fourth-order valence-electron chi connectivity index (χ4n) is 2.07. The maximum Gasteiger partial charge on any atom is 0.240 e. The Balaban J connectivity index is 0.00000180. The summed E-state index contributed by atoms with van der Waals surface area (Å²) in [5.74, 6) is 0.309. The molecule has 0 aromatic heterocycles. The second-order valence-electron chi connectivity index (χ2n) is 4.65. The first-order valence-electron chi connectivity index (χ1n) is 5.97. The molecule has 0 aliphatic carbocycles. The van der Waals surface area contributed by atoms with E-state index in [0.29, 0.717) is 10.8 Å². The van der Waals surface area contributed by atoms with Gasteiger partial charge in [0.2, 0.25) is 10.0 Å². The van der Waals surface area contributed by atoms with Crippen LogP contribution in [0.25, 0.3) is 0 Å². The minimum absolute atomic E-state index is 0. The molecule has 0 bridgehead atoms. The molecule has 4 nitrogen and oxygen atoms in total. The van der Waals surface area contributed by atoms with E-state index in [1.165, 1.54) is 0 Å². The van der Waals surface area contributed by atoms with Gasteiger partial charge in [0.05, 0.1) is 4.90 Å². The van der Waals surface area contributed by atoms with E-state index in [2.05, 4.69) is 32.9 Å². The molecule has 2 rings (SSSR count). The number of hydrogen-bond donors (Lipinski definition) is 2. The highest BCUT2D eigenvalue weighted by atomic mass is 79.9. The number of sulfonamides is 1. The summed E-state index contributed by atoms with van der Waals surface area (Å²) in [5, 5.41) is 3.26. The SMILES string of the molecule is CC1CNCCC1NS(=O)(=O)c1ccc(Br)cc1.Cl. The van der Waals surface area contributed by atoms with Crippen molar-refractivity contribution in [2.75, 3.05) is 13.1 Å². The van der Waals surface area contributed by atoms with E-state index in [-0.39, 0.29) is 18.4 Å². The Kier molecular flexibility index (Phi) is 6.26. The van der Waals surface area contributed by atoms with Crippen molar-refractivity contribution in [1.29, 1.82) is 0 Å². The topological polar surface area (TPSA) is 58.2 Å². The average molecular weight is 370 g/mol. The first-order chi connectivity index (χ1) is 8.49. The van der Waals surface area contributed by atoms with Crippen LogP contribution in [0.3, 0.4) is 0 Å². The third kappa shape index (κ3) is 4.43. The maximum absolute atomic E-state index is 12.2. The summed E-state index contributed by atoms with van der Waals surface area (Å²) in [5.41, 5.74) is 0. The highest BCUT2D eigenvalue weighted by Crippen LogP contribution is 2.17. The maximum atomic E-state index is 12.2. The van der Waals surface area contributed by atoms with Crippen molar-refractivity contribution in [3.8, 4) is 0 Å². The van der Waals surface area contributed by atoms with Crippen LogP contribution in [0.2, 0.25) is 0 Å². The minimum atomic E-state index is -3.41. The van der Waals surface area contributed by atoms with Gasteiger partial charge in [-0.2, -0.15) is 0 Å². The van der Waals surface area contributed by atoms with Gasteiger partial charge < -0.3 is 5.32 Å². The van der Waals surface area contributed by atoms with Crippen LogP contribution in [-0.4, -0.2) is 27.5 Å². The number of nitrogens with one attached hydrogen (secondary N) is 2. The highest BCUT2D eigenvalue weighted by Gasteiger charge is 2.26. The van der Waals surface area contributed by atoms with Crippen LogP contribution in [0.15, 0.2) is 33.6 Å². The molecule has 7 heteroatoms. The Morgan fingerprint density at radius 1 is 1.32 bits per heavy atom. The van der Waals surface area contributed by atoms with E-state index in [1.54, 1.807) is 24.3 Å². The van der Waals surface area contributed by atoms with Crippen molar-refractivity contribution in [2.24, 2.45) is 5.92 Å². The molecule has 1 heterocycles. The van der Waals surface area contributed by atoms with Gasteiger partial charge in [-0.25, -0.2) is 13.1 Å². The summed E-state index contributed by atoms with van der Waals surface area (Å²) >= 11 is 3.30. The van der Waals surface area contributed by atoms with Crippen molar-refractivity contribution in [3.05, 3.63) is 28.7 Å². The van der Waals surface area contributed by atoms with Gasteiger partial charge in [0.1, 0.15) is 0 Å². The van der Waals surface area contributed by atoms with Gasteiger partial charge >= 0.3 is 0 Å². The molecule has 0 spiro atoms. The van der Waals surface area contributed by atoms with Crippen LogP contribution < -0.4 is 10.0 Å². The molecule has 2 unspecified atom stereocenters. The van der Waals surface area contributed by atoms with Gasteiger partial charge in [-0.1, -0.05) is 22.9 Å². The second kappa shape index (κ2) is 7.04. The molecule has 0 saturated carbocycles. The van der Waals surface area contributed by atoms with E-state index in [0.717, 1.165) is 24.0 Å². The van der Waals surface area contributed by atoms with Gasteiger partial charge in [0.25, 0.3) is 0 Å². The van der Waals surface area contributed by atoms with E-state index in [1.807, 2.05) is 0 Å². The smallest absolute Gasteiger partial charge is 0.240 e. The molecule has 2 N–H and O–H groups in total. The molecule has 0 radical (unpaired) electrons. The van der Waals surface area contributed by atoms with E-state index in [9.17, 15) is 8.42 Å². The molecule has 1 aromatic rings. The normalized spacial score (nSPS) is 23.7. The molecule has 1 saturated heterocycles. The molecule has 1 aliphatic rings. The van der Waals surface area contributed by atoms with Crippen molar-refractivity contribution in [1.82, 2.24) is 10.0 Å². The van der Waals surface area contributed by atoms with Crippen LogP contribution in [0.1, 0.15) is 13.3 Å². The third-order valence-electron chi connectivity index (χ3n) is 3.22. The summed E-state index contributed by atoms with van der Waals surface area (Å²) < 4.78 is 28.1. The zero-order chi connectivity index (χ0) is 13.2. The van der Waals surface area contributed by atoms with Crippen molar-refractivity contribution in [3.63, 3.8) is 0 Å². The summed E-state index contributed by atoms with van der Waals surface area (Å²) in [6.07, 6.45) is 0.830. The Morgan fingerprint density at radius 3 is 2.53 bits per heavy atom. The zero-order valence-corrected chi connectivity index (χ0v) is 13.8. The lowest BCUT2D eigenvalue weighted by molar-refractivity contribution is 0.328. The quantitative estimate of drug-likeness (QED) is 0.858. The molecular formula is C12H18BrClN2O2S. The Bertz CT molecular complexity index is 507. The van der Waals surface area contributed by atoms with Gasteiger partial charge in [0, 0.05) is 10.5 Å². The first kappa shape index (κ1) is 16.9. The number of hydrogen-bond acceptors (Lipinski definition) is 3. The Morgan fingerprint density at radius 2 is 1.95 bits per heavy atom. The van der Waals surface area contributed by atoms with Crippen LogP contribution >= 0.6 is 28.3 Å². The van der Waals surface area contributed by atoms with E-state index >= 15 is 0 Å². The lowest BCUT2D eigenvalue weighted by Crippen LogP contribution is -2.48. The van der Waals surface area contributed by atoms with Crippen LogP contribution in [0, 0.1) is 5.92 Å². The van der Waals surface area contributed by atoms with Gasteiger partial charge in [-0.05, 0) is 49.7 Å². The van der Waals surface area contributed by atoms with Crippen molar-refractivity contribution in [2.45, 2.75) is 24.3 Å². The zero-order valence-electron chi connectivity index (χ0n) is 10.6. The van der Waals surface area contributed by atoms with Crippen LogP contribution in [-0.2, 0) is 10.0 Å². The minimum Gasteiger partial charge on any atom is -0.316 e. The van der Waals surface area contributed by atoms with Gasteiger partial charge in [-0.3, -0.25) is 0 Å². The third-order valence-corrected chi connectivity index (χ3v) is 5.25. The molecule has 19 heavy (non-hydrogen) atoms. The number of halogens is 2. The predicted molar refractivity (Wildman–Crippen MR) is 82.2 cm³/mol. The summed E-state index contributed by atoms with van der Waals surface area (Å²) in [4.78, 5) is 0.316. The van der Waals surface area contributed by atoms with Crippen molar-refractivity contribution < 1.29 is 8.42 Å². The lowest BCUT2D eigenvalue weighted by Gasteiger charge is -2.29. The Hall–Kier alpha value is -0.140. The molecule has 1 fully saturated rings. The molecule has 1 aromatic carbocycles. The predicted octanol–water partition coefficient (Wildman–Crippen LogP) is 2.15. The lowest BCUT2D eigenvalue weighted by atomic mass is 9.97. The fourth-order valence-corrected chi connectivity index (χ4v) is 3.71. The van der Waals surface area contributed by atoms with Gasteiger partial charge in [-0.15, -0.1) is 12.4 Å². The number of benzene rings is 1. The van der Waals surface area contributed by atoms with Gasteiger partial charge in [0.15, 0.2) is 0 Å². The highest BCUT2D eigenvalue weighted by molar-refractivity contribution is 9.10. The molecule has 108 valence electrons. The second-order valence-corrected chi connectivity index (χ2v) is 7.28. The molecular weight excluding hydrogens is 352 g/mol. The molecule has 2 atom stereocenters. The monoisotopic (exact) mass is 368 g/mol. The average Bonchev–Trinajstić information content (AvgIpc) is 2.32. The van der Waals surface area contributed by atoms with E-state index in [4.69, 9.17) is 0 Å². The number of rotatable bonds is 3.